The third kappa shape index (κ3) is 3.02. The molecule has 0 saturated heterocycles. The van der Waals surface area contributed by atoms with Crippen LogP contribution in [0.1, 0.15) is 0 Å². The van der Waals surface area contributed by atoms with Crippen LogP contribution in [0, 0.1) is 0 Å². The maximum Gasteiger partial charge on any atom is 0.302 e. The van der Waals surface area contributed by atoms with Gasteiger partial charge >= 0.3 is 6.01 Å². The second-order valence-corrected chi connectivity index (χ2v) is 7.75. The Labute approximate surface area is 171 Å². The average molecular weight is 437 g/mol. The van der Waals surface area contributed by atoms with Crippen LogP contribution in [0.5, 0.6) is 0 Å². The van der Waals surface area contributed by atoms with Crippen LogP contribution in [-0.2, 0) is 0 Å². The molecule has 6 nitrogen and oxygen atoms in total. The summed E-state index contributed by atoms with van der Waals surface area (Å²) in [4.78, 5) is 9.50. The fourth-order valence-electron chi connectivity index (χ4n) is 2.67. The minimum Gasteiger partial charge on any atom is -0.423 e. The van der Waals surface area contributed by atoms with Crippen molar-refractivity contribution in [3.63, 3.8) is 0 Å². The Morgan fingerprint density at radius 3 is 2.67 bits per heavy atom. The van der Waals surface area contributed by atoms with Gasteiger partial charge in [0.1, 0.15) is 5.52 Å². The van der Waals surface area contributed by atoms with Gasteiger partial charge in [0.25, 0.3) is 5.95 Å². The maximum atomic E-state index is 6.32. The van der Waals surface area contributed by atoms with E-state index in [1.807, 2.05) is 11.4 Å². The molecule has 0 bridgehead atoms. The molecular weight excluding hydrogens is 429 g/mol. The molecule has 0 aliphatic rings. The minimum absolute atomic E-state index is 0.289. The standard InChI is InChI=1S/C17H8Cl3N5OS/c18-8-1-3-10(11(20)5-8)13-7-27-17-23-15(24-25(13)17)22-16-21-12-6-9(19)2-4-14(12)26-16/h1-7H,(H,21,22,24). The quantitative estimate of drug-likeness (QED) is 0.359. The largest absolute Gasteiger partial charge is 0.423 e. The lowest BCUT2D eigenvalue weighted by molar-refractivity contribution is 0.621. The lowest BCUT2D eigenvalue weighted by Crippen LogP contribution is -1.94. The van der Waals surface area contributed by atoms with Gasteiger partial charge in [0.05, 0.1) is 10.7 Å². The van der Waals surface area contributed by atoms with Crippen LogP contribution >= 0.6 is 46.1 Å². The number of fused-ring (bicyclic) bond motifs is 2. The SMILES string of the molecule is Clc1ccc(-c2csc3nc(Nc4nc5cc(Cl)ccc5o4)nn23)c(Cl)c1. The summed E-state index contributed by atoms with van der Waals surface area (Å²) in [5.41, 5.74) is 2.91. The zero-order chi connectivity index (χ0) is 18.5. The van der Waals surface area contributed by atoms with Gasteiger partial charge in [-0.2, -0.15) is 9.97 Å². The summed E-state index contributed by atoms with van der Waals surface area (Å²) in [5, 5.41) is 11.1. The van der Waals surface area contributed by atoms with Crippen molar-refractivity contribution in [2.75, 3.05) is 5.32 Å². The van der Waals surface area contributed by atoms with Crippen LogP contribution in [0.4, 0.5) is 12.0 Å². The molecule has 0 amide bonds. The Kier molecular flexibility index (Phi) is 3.98. The van der Waals surface area contributed by atoms with Gasteiger partial charge in [0, 0.05) is 21.0 Å². The van der Waals surface area contributed by atoms with Gasteiger partial charge < -0.3 is 4.42 Å². The summed E-state index contributed by atoms with van der Waals surface area (Å²) < 4.78 is 7.35. The first-order valence-electron chi connectivity index (χ1n) is 7.70. The van der Waals surface area contributed by atoms with Gasteiger partial charge in [-0.15, -0.1) is 16.4 Å². The highest BCUT2D eigenvalue weighted by Gasteiger charge is 2.15. The number of nitrogens with one attached hydrogen (secondary N) is 1. The highest BCUT2D eigenvalue weighted by atomic mass is 35.5. The van der Waals surface area contributed by atoms with E-state index >= 15 is 0 Å². The zero-order valence-corrected chi connectivity index (χ0v) is 16.4. The fraction of sp³-hybridized carbons (Fsp3) is 0. The molecule has 5 rings (SSSR count). The van der Waals surface area contributed by atoms with Gasteiger partial charge in [0.15, 0.2) is 5.58 Å². The molecule has 0 fully saturated rings. The number of hydrogen-bond acceptors (Lipinski definition) is 6. The molecule has 0 radical (unpaired) electrons. The number of hydrogen-bond donors (Lipinski definition) is 1. The number of thiazole rings is 1. The molecule has 0 aliphatic heterocycles. The third-order valence-electron chi connectivity index (χ3n) is 3.86. The van der Waals surface area contributed by atoms with Crippen LogP contribution < -0.4 is 5.32 Å². The number of anilines is 2. The molecule has 134 valence electrons. The van der Waals surface area contributed by atoms with Crippen LogP contribution in [-0.4, -0.2) is 19.6 Å². The van der Waals surface area contributed by atoms with Crippen molar-refractivity contribution < 1.29 is 4.42 Å². The summed E-state index contributed by atoms with van der Waals surface area (Å²) in [6.45, 7) is 0. The van der Waals surface area contributed by atoms with E-state index in [2.05, 4.69) is 20.4 Å². The molecular formula is C17H8Cl3N5OS. The van der Waals surface area contributed by atoms with Crippen molar-refractivity contribution in [1.82, 2.24) is 19.6 Å². The molecule has 0 aliphatic carbocycles. The Morgan fingerprint density at radius 1 is 1.00 bits per heavy atom. The van der Waals surface area contributed by atoms with E-state index in [1.54, 1.807) is 34.8 Å². The molecule has 0 spiro atoms. The number of nitrogens with zero attached hydrogens (tertiary/aromatic N) is 4. The predicted molar refractivity (Wildman–Crippen MR) is 109 cm³/mol. The van der Waals surface area contributed by atoms with Gasteiger partial charge in [0.2, 0.25) is 4.96 Å². The number of aromatic nitrogens is 4. The number of benzene rings is 2. The van der Waals surface area contributed by atoms with E-state index in [-0.39, 0.29) is 6.01 Å². The minimum atomic E-state index is 0.289. The molecule has 27 heavy (non-hydrogen) atoms. The van der Waals surface area contributed by atoms with Gasteiger partial charge in [-0.05, 0) is 36.4 Å². The molecule has 0 unspecified atom stereocenters. The highest BCUT2D eigenvalue weighted by molar-refractivity contribution is 7.15. The topological polar surface area (TPSA) is 68.2 Å². The molecule has 2 aromatic carbocycles. The van der Waals surface area contributed by atoms with Gasteiger partial charge in [-0.1, -0.05) is 34.8 Å². The molecule has 0 saturated carbocycles. The zero-order valence-electron chi connectivity index (χ0n) is 13.3. The van der Waals surface area contributed by atoms with Crippen LogP contribution in [0.3, 0.4) is 0 Å². The molecule has 0 atom stereocenters. The van der Waals surface area contributed by atoms with Crippen LogP contribution in [0.25, 0.3) is 27.3 Å². The van der Waals surface area contributed by atoms with Crippen LogP contribution in [0.2, 0.25) is 15.1 Å². The first kappa shape index (κ1) is 16.8. The highest BCUT2D eigenvalue weighted by Crippen LogP contribution is 2.33. The van der Waals surface area contributed by atoms with E-state index in [1.165, 1.54) is 11.3 Å². The number of rotatable bonds is 3. The third-order valence-corrected chi connectivity index (χ3v) is 5.46. The summed E-state index contributed by atoms with van der Waals surface area (Å²) in [6, 6.07) is 10.8. The summed E-state index contributed by atoms with van der Waals surface area (Å²) in [5.74, 6) is 0.367. The van der Waals surface area contributed by atoms with Crippen molar-refractivity contribution in [2.45, 2.75) is 0 Å². The van der Waals surface area contributed by atoms with Gasteiger partial charge in [-0.3, -0.25) is 5.32 Å². The predicted octanol–water partition coefficient (Wildman–Crippen LogP) is 6.30. The summed E-state index contributed by atoms with van der Waals surface area (Å²) in [6.07, 6.45) is 0. The van der Waals surface area contributed by atoms with E-state index in [4.69, 9.17) is 39.2 Å². The average Bonchev–Trinajstić information content (AvgIpc) is 3.29. The lowest BCUT2D eigenvalue weighted by atomic mass is 10.2. The number of oxazole rings is 1. The number of halogens is 3. The van der Waals surface area contributed by atoms with E-state index in [0.29, 0.717) is 37.1 Å². The Hall–Kier alpha value is -2.32. The maximum absolute atomic E-state index is 6.32. The summed E-state index contributed by atoms with van der Waals surface area (Å²) in [7, 11) is 0. The second kappa shape index (κ2) is 6.38. The summed E-state index contributed by atoms with van der Waals surface area (Å²) >= 11 is 19.7. The first-order chi connectivity index (χ1) is 13.1. The Bertz CT molecular complexity index is 1310. The van der Waals surface area contributed by atoms with Crippen molar-refractivity contribution in [1.29, 1.82) is 0 Å². The molecule has 5 aromatic rings. The monoisotopic (exact) mass is 435 g/mol. The lowest BCUT2D eigenvalue weighted by Gasteiger charge is -2.02. The Morgan fingerprint density at radius 2 is 1.81 bits per heavy atom. The fourth-order valence-corrected chi connectivity index (χ4v) is 4.16. The molecule has 3 heterocycles. The van der Waals surface area contributed by atoms with E-state index < -0.39 is 0 Å². The van der Waals surface area contributed by atoms with Crippen LogP contribution in [0.15, 0.2) is 46.2 Å². The second-order valence-electron chi connectivity index (χ2n) is 5.63. The van der Waals surface area contributed by atoms with Crippen molar-refractivity contribution >= 4 is 74.2 Å². The van der Waals surface area contributed by atoms with E-state index in [0.717, 1.165) is 11.3 Å². The Balaban J connectivity index is 1.52. The van der Waals surface area contributed by atoms with Crippen molar-refractivity contribution in [2.24, 2.45) is 0 Å². The smallest absolute Gasteiger partial charge is 0.302 e. The molecule has 10 heteroatoms. The van der Waals surface area contributed by atoms with Crippen molar-refractivity contribution in [3.05, 3.63) is 56.8 Å². The van der Waals surface area contributed by atoms with Gasteiger partial charge in [-0.25, -0.2) is 4.52 Å². The molecule has 3 aromatic heterocycles. The van der Waals surface area contributed by atoms with E-state index in [9.17, 15) is 0 Å². The van der Waals surface area contributed by atoms with Crippen molar-refractivity contribution in [3.8, 4) is 11.3 Å². The normalized spacial score (nSPS) is 11.5. The first-order valence-corrected chi connectivity index (χ1v) is 9.71. The molecule has 1 N–H and O–H groups in total.